The van der Waals surface area contributed by atoms with E-state index >= 15 is 0 Å². The monoisotopic (exact) mass is 339 g/mol. The zero-order valence-electron chi connectivity index (χ0n) is 11.4. The molecule has 1 aromatic heterocycles. The molecule has 0 saturated carbocycles. The third-order valence-corrected chi connectivity index (χ3v) is 4.34. The second kappa shape index (κ2) is 5.04. The molecule has 2 aromatic carbocycles. The number of halogens is 1. The van der Waals surface area contributed by atoms with Gasteiger partial charge in [-0.2, -0.15) is 0 Å². The molecule has 1 aliphatic heterocycles. The van der Waals surface area contributed by atoms with Crippen LogP contribution >= 0.6 is 15.9 Å². The van der Waals surface area contributed by atoms with Gasteiger partial charge < -0.3 is 5.32 Å². The Labute approximate surface area is 131 Å². The van der Waals surface area contributed by atoms with E-state index in [-0.39, 0.29) is 0 Å². The van der Waals surface area contributed by atoms with E-state index in [0.29, 0.717) is 0 Å². The predicted octanol–water partition coefficient (Wildman–Crippen LogP) is 4.27. The van der Waals surface area contributed by atoms with Gasteiger partial charge in [0.25, 0.3) is 0 Å². The summed E-state index contributed by atoms with van der Waals surface area (Å²) in [4.78, 5) is 4.35. The molecule has 0 amide bonds. The second-order valence-electron chi connectivity index (χ2n) is 5.15. The third-order valence-electron chi connectivity index (χ3n) is 3.85. The topological polar surface area (TPSA) is 29.9 Å². The Balaban J connectivity index is 1.89. The normalized spacial score (nSPS) is 13.0. The second-order valence-corrected chi connectivity index (χ2v) is 6.06. The molecule has 4 rings (SSSR count). The first-order valence-corrected chi connectivity index (χ1v) is 7.76. The summed E-state index contributed by atoms with van der Waals surface area (Å²) in [6, 6.07) is 14.7. The van der Waals surface area contributed by atoms with Gasteiger partial charge in [0.15, 0.2) is 0 Å². The van der Waals surface area contributed by atoms with Crippen LogP contribution < -0.4 is 5.32 Å². The van der Waals surface area contributed by atoms with Crippen molar-refractivity contribution >= 4 is 21.6 Å². The highest BCUT2D eigenvalue weighted by atomic mass is 79.9. The number of aromatic nitrogens is 2. The molecule has 0 saturated heterocycles. The summed E-state index contributed by atoms with van der Waals surface area (Å²) in [5, 5.41) is 3.50. The lowest BCUT2D eigenvalue weighted by molar-refractivity contribution is 1.06. The van der Waals surface area contributed by atoms with E-state index in [1.54, 1.807) is 0 Å². The van der Waals surface area contributed by atoms with E-state index in [9.17, 15) is 0 Å². The Morgan fingerprint density at radius 1 is 1.14 bits per heavy atom. The van der Waals surface area contributed by atoms with Gasteiger partial charge >= 0.3 is 0 Å². The molecule has 0 bridgehead atoms. The van der Waals surface area contributed by atoms with Crippen molar-refractivity contribution in [3.05, 3.63) is 65.0 Å². The summed E-state index contributed by atoms with van der Waals surface area (Å²) in [6.45, 7) is 1.01. The van der Waals surface area contributed by atoms with Gasteiger partial charge in [-0.1, -0.05) is 40.2 Å². The summed E-state index contributed by atoms with van der Waals surface area (Å²) in [6.07, 6.45) is 4.89. The number of nitrogens with zero attached hydrogens (tertiary/aromatic N) is 2. The molecular formula is C17H14BrN3. The fourth-order valence-electron chi connectivity index (χ4n) is 2.88. The Morgan fingerprint density at radius 3 is 2.95 bits per heavy atom. The number of hydrogen-bond donors (Lipinski definition) is 1. The van der Waals surface area contributed by atoms with Crippen LogP contribution in [-0.2, 0) is 6.42 Å². The van der Waals surface area contributed by atoms with Crippen LogP contribution in [0.2, 0.25) is 0 Å². The maximum absolute atomic E-state index is 4.35. The average molecular weight is 340 g/mol. The highest BCUT2D eigenvalue weighted by molar-refractivity contribution is 9.10. The molecule has 4 heteroatoms. The minimum Gasteiger partial charge on any atom is -0.384 e. The minimum absolute atomic E-state index is 1.01. The van der Waals surface area contributed by atoms with E-state index < -0.39 is 0 Å². The molecule has 3 nitrogen and oxygen atoms in total. The number of fused-ring (bicyclic) bond motifs is 1. The molecule has 2 heterocycles. The minimum atomic E-state index is 1.01. The van der Waals surface area contributed by atoms with Gasteiger partial charge in [-0.05, 0) is 30.2 Å². The maximum atomic E-state index is 4.35. The van der Waals surface area contributed by atoms with Gasteiger partial charge in [-0.25, -0.2) is 4.98 Å². The number of hydrogen-bond acceptors (Lipinski definition) is 2. The van der Waals surface area contributed by atoms with Crippen molar-refractivity contribution in [3.8, 4) is 16.9 Å². The van der Waals surface area contributed by atoms with Crippen molar-refractivity contribution in [2.24, 2.45) is 0 Å². The zero-order chi connectivity index (χ0) is 14.2. The maximum Gasteiger partial charge on any atom is 0.0997 e. The standard InChI is InChI=1S/C17H14BrN3/c18-13-4-2-5-14(9-13)21-11-19-10-16(21)15-6-1-3-12-7-8-20-17(12)15/h1-6,9-11,20H,7-8H2. The Morgan fingerprint density at radius 2 is 2.05 bits per heavy atom. The first-order chi connectivity index (χ1) is 10.3. The number of rotatable bonds is 2. The number of benzene rings is 2. The molecule has 0 unspecified atom stereocenters. The first kappa shape index (κ1) is 12.7. The van der Waals surface area contributed by atoms with Crippen LogP contribution in [0.5, 0.6) is 0 Å². The number of anilines is 1. The summed E-state index contributed by atoms with van der Waals surface area (Å²) in [5.41, 5.74) is 6.05. The van der Waals surface area contributed by atoms with Crippen LogP contribution in [0.15, 0.2) is 59.5 Å². The highest BCUT2D eigenvalue weighted by Gasteiger charge is 2.17. The van der Waals surface area contributed by atoms with Crippen LogP contribution in [0.1, 0.15) is 5.56 Å². The van der Waals surface area contributed by atoms with Crippen molar-refractivity contribution < 1.29 is 0 Å². The van der Waals surface area contributed by atoms with Crippen molar-refractivity contribution in [3.63, 3.8) is 0 Å². The quantitative estimate of drug-likeness (QED) is 0.755. The van der Waals surface area contributed by atoms with Crippen molar-refractivity contribution in [2.45, 2.75) is 6.42 Å². The Bertz CT molecular complexity index is 807. The zero-order valence-corrected chi connectivity index (χ0v) is 13.0. The number of para-hydroxylation sites is 1. The fourth-order valence-corrected chi connectivity index (χ4v) is 3.27. The molecule has 0 aliphatic carbocycles. The predicted molar refractivity (Wildman–Crippen MR) is 88.9 cm³/mol. The van der Waals surface area contributed by atoms with Gasteiger partial charge in [0, 0.05) is 28.0 Å². The molecule has 1 aliphatic rings. The first-order valence-electron chi connectivity index (χ1n) is 6.97. The summed E-state index contributed by atoms with van der Waals surface area (Å²) in [7, 11) is 0. The lowest BCUT2D eigenvalue weighted by Crippen LogP contribution is -1.98. The van der Waals surface area contributed by atoms with Gasteiger partial charge in [0.1, 0.15) is 0 Å². The molecule has 0 radical (unpaired) electrons. The lowest BCUT2D eigenvalue weighted by Gasteiger charge is -2.12. The smallest absolute Gasteiger partial charge is 0.0997 e. The van der Waals surface area contributed by atoms with E-state index in [4.69, 9.17) is 0 Å². The van der Waals surface area contributed by atoms with Crippen molar-refractivity contribution in [2.75, 3.05) is 11.9 Å². The number of imidazole rings is 1. The fraction of sp³-hybridized carbons (Fsp3) is 0.118. The van der Waals surface area contributed by atoms with E-state index in [2.05, 4.69) is 61.1 Å². The van der Waals surface area contributed by atoms with Crippen molar-refractivity contribution in [1.29, 1.82) is 0 Å². The summed E-state index contributed by atoms with van der Waals surface area (Å²) < 4.78 is 3.19. The third kappa shape index (κ3) is 2.16. The molecule has 0 fully saturated rings. The van der Waals surface area contributed by atoms with Crippen LogP contribution in [0.4, 0.5) is 5.69 Å². The molecular weight excluding hydrogens is 326 g/mol. The van der Waals surface area contributed by atoms with Gasteiger partial charge in [0.05, 0.1) is 18.2 Å². The molecule has 104 valence electrons. The molecule has 0 atom stereocenters. The van der Waals surface area contributed by atoms with Crippen LogP contribution in [0.25, 0.3) is 16.9 Å². The Kier molecular flexibility index (Phi) is 3.04. The van der Waals surface area contributed by atoms with Crippen LogP contribution in [0, 0.1) is 0 Å². The van der Waals surface area contributed by atoms with E-state index in [0.717, 1.165) is 28.8 Å². The Hall–Kier alpha value is -2.07. The summed E-state index contributed by atoms with van der Waals surface area (Å²) in [5.74, 6) is 0. The van der Waals surface area contributed by atoms with Gasteiger partial charge in [0.2, 0.25) is 0 Å². The van der Waals surface area contributed by atoms with Crippen molar-refractivity contribution in [1.82, 2.24) is 9.55 Å². The largest absolute Gasteiger partial charge is 0.384 e. The summed E-state index contributed by atoms with van der Waals surface area (Å²) >= 11 is 3.53. The van der Waals surface area contributed by atoms with Gasteiger partial charge in [-0.15, -0.1) is 0 Å². The molecule has 1 N–H and O–H groups in total. The van der Waals surface area contributed by atoms with Crippen LogP contribution in [-0.4, -0.2) is 16.1 Å². The highest BCUT2D eigenvalue weighted by Crippen LogP contribution is 2.35. The molecule has 3 aromatic rings. The number of nitrogens with one attached hydrogen (secondary N) is 1. The SMILES string of the molecule is Brc1cccc(-n2cncc2-c2cccc3c2NCC3)c1. The van der Waals surface area contributed by atoms with Gasteiger partial charge in [-0.3, -0.25) is 4.57 Å². The van der Waals surface area contributed by atoms with E-state index in [1.807, 2.05) is 24.7 Å². The molecule has 0 spiro atoms. The lowest BCUT2D eigenvalue weighted by atomic mass is 10.1. The van der Waals surface area contributed by atoms with E-state index in [1.165, 1.54) is 16.8 Å². The van der Waals surface area contributed by atoms with Crippen LogP contribution in [0.3, 0.4) is 0 Å². The average Bonchev–Trinajstić information content (AvgIpc) is 3.16. The molecule has 21 heavy (non-hydrogen) atoms.